The lowest BCUT2D eigenvalue weighted by Gasteiger charge is -2.15. The van der Waals surface area contributed by atoms with Gasteiger partial charge in [0, 0.05) is 6.54 Å². The van der Waals surface area contributed by atoms with Crippen LogP contribution in [-0.4, -0.2) is 20.1 Å². The van der Waals surface area contributed by atoms with E-state index in [2.05, 4.69) is 4.72 Å². The highest BCUT2D eigenvalue weighted by molar-refractivity contribution is 7.89. The first-order chi connectivity index (χ1) is 11.9. The van der Waals surface area contributed by atoms with Crippen LogP contribution in [0.5, 0.6) is 0 Å². The zero-order valence-corrected chi connectivity index (χ0v) is 13.8. The van der Waals surface area contributed by atoms with Crippen LogP contribution in [0.25, 0.3) is 10.8 Å². The van der Waals surface area contributed by atoms with Gasteiger partial charge in [-0.2, -0.15) is 0 Å². The van der Waals surface area contributed by atoms with Gasteiger partial charge in [-0.15, -0.1) is 0 Å². The van der Waals surface area contributed by atoms with Gasteiger partial charge in [-0.3, -0.25) is 0 Å². The van der Waals surface area contributed by atoms with Crippen LogP contribution in [0.1, 0.15) is 11.7 Å². The third-order valence-electron chi connectivity index (χ3n) is 3.85. The zero-order valence-electron chi connectivity index (χ0n) is 13.0. The van der Waals surface area contributed by atoms with Crippen LogP contribution in [0.4, 0.5) is 8.78 Å². The molecule has 130 valence electrons. The molecule has 0 aliphatic rings. The molecule has 1 atom stereocenters. The summed E-state index contributed by atoms with van der Waals surface area (Å²) in [6, 6.07) is 15.6. The Hall–Kier alpha value is -2.35. The van der Waals surface area contributed by atoms with Crippen LogP contribution in [0.2, 0.25) is 0 Å². The smallest absolute Gasteiger partial charge is 0.243 e. The predicted molar refractivity (Wildman–Crippen MR) is 90.5 cm³/mol. The third kappa shape index (κ3) is 3.53. The molecule has 0 radical (unpaired) electrons. The fraction of sp³-hybridized carbons (Fsp3) is 0.111. The first kappa shape index (κ1) is 17.5. The Morgan fingerprint density at radius 3 is 2.44 bits per heavy atom. The number of aliphatic hydroxyl groups excluding tert-OH is 1. The lowest BCUT2D eigenvalue weighted by molar-refractivity contribution is 0.183. The molecule has 0 fully saturated rings. The number of fused-ring (bicyclic) bond motifs is 1. The minimum absolute atomic E-state index is 0.369. The second-order valence-electron chi connectivity index (χ2n) is 5.49. The van der Waals surface area contributed by atoms with E-state index in [1.54, 1.807) is 12.1 Å². The number of hydrogen-bond donors (Lipinski definition) is 2. The fourth-order valence-corrected chi connectivity index (χ4v) is 3.73. The average Bonchev–Trinajstić information content (AvgIpc) is 2.61. The number of hydrogen-bond acceptors (Lipinski definition) is 3. The van der Waals surface area contributed by atoms with E-state index in [4.69, 9.17) is 0 Å². The summed E-state index contributed by atoms with van der Waals surface area (Å²) in [6.45, 7) is -0.369. The summed E-state index contributed by atoms with van der Waals surface area (Å²) in [5.74, 6) is -2.70. The van der Waals surface area contributed by atoms with Crippen molar-refractivity contribution in [2.45, 2.75) is 11.0 Å². The van der Waals surface area contributed by atoms with E-state index in [0.717, 1.165) is 29.0 Å². The number of halogens is 2. The molecule has 2 N–H and O–H groups in total. The predicted octanol–water partition coefficient (Wildman–Crippen LogP) is 3.13. The largest absolute Gasteiger partial charge is 0.387 e. The van der Waals surface area contributed by atoms with Crippen LogP contribution in [0.3, 0.4) is 0 Å². The van der Waals surface area contributed by atoms with Crippen LogP contribution in [0.15, 0.2) is 65.6 Å². The number of sulfonamides is 1. The molecule has 0 amide bonds. The molecule has 3 aromatic carbocycles. The maximum atomic E-state index is 13.7. The summed E-state index contributed by atoms with van der Waals surface area (Å²) >= 11 is 0. The Kier molecular flexibility index (Phi) is 4.80. The summed E-state index contributed by atoms with van der Waals surface area (Å²) in [5, 5.41) is 12.0. The van der Waals surface area contributed by atoms with Gasteiger partial charge in [0.2, 0.25) is 10.0 Å². The van der Waals surface area contributed by atoms with Crippen LogP contribution < -0.4 is 4.72 Å². The van der Waals surface area contributed by atoms with Crippen LogP contribution in [0, 0.1) is 11.6 Å². The summed E-state index contributed by atoms with van der Waals surface area (Å²) in [6.07, 6.45) is -1.14. The Balaban J connectivity index is 1.84. The van der Waals surface area contributed by atoms with Crippen molar-refractivity contribution in [1.29, 1.82) is 0 Å². The molecule has 0 aromatic heterocycles. The number of benzene rings is 3. The fourth-order valence-electron chi connectivity index (χ4n) is 2.61. The Morgan fingerprint density at radius 2 is 1.64 bits per heavy atom. The highest BCUT2D eigenvalue weighted by Gasteiger charge is 2.23. The van der Waals surface area contributed by atoms with Crippen molar-refractivity contribution in [2.75, 3.05) is 6.54 Å². The quantitative estimate of drug-likeness (QED) is 0.732. The molecule has 0 bridgehead atoms. The zero-order chi connectivity index (χ0) is 18.0. The molecular weight excluding hydrogens is 348 g/mol. The van der Waals surface area contributed by atoms with Crippen molar-refractivity contribution >= 4 is 20.8 Å². The Bertz CT molecular complexity index is 1020. The van der Waals surface area contributed by atoms with Gasteiger partial charge >= 0.3 is 0 Å². The normalized spacial score (nSPS) is 13.1. The van der Waals surface area contributed by atoms with Crippen molar-refractivity contribution in [1.82, 2.24) is 4.72 Å². The lowest BCUT2D eigenvalue weighted by Crippen LogP contribution is -2.29. The van der Waals surface area contributed by atoms with E-state index in [1.165, 1.54) is 0 Å². The van der Waals surface area contributed by atoms with Gasteiger partial charge in [-0.25, -0.2) is 21.9 Å². The number of rotatable bonds is 5. The van der Waals surface area contributed by atoms with E-state index in [9.17, 15) is 22.3 Å². The maximum Gasteiger partial charge on any atom is 0.243 e. The SMILES string of the molecule is O=S(=O)(NCC(O)c1cccc2ccccc12)c1cccc(F)c1F. The van der Waals surface area contributed by atoms with Gasteiger partial charge in [0.05, 0.1) is 6.10 Å². The van der Waals surface area contributed by atoms with Gasteiger partial charge in [-0.05, 0) is 28.5 Å². The molecule has 3 rings (SSSR count). The summed E-state index contributed by atoms with van der Waals surface area (Å²) in [4.78, 5) is -0.794. The number of nitrogens with one attached hydrogen (secondary N) is 1. The molecule has 7 heteroatoms. The molecular formula is C18H15F2NO3S. The lowest BCUT2D eigenvalue weighted by atomic mass is 10.0. The van der Waals surface area contributed by atoms with E-state index in [0.29, 0.717) is 5.56 Å². The second-order valence-corrected chi connectivity index (χ2v) is 7.22. The van der Waals surface area contributed by atoms with Gasteiger partial charge in [-0.1, -0.05) is 48.5 Å². The molecule has 25 heavy (non-hydrogen) atoms. The van der Waals surface area contributed by atoms with Crippen LogP contribution in [-0.2, 0) is 10.0 Å². The van der Waals surface area contributed by atoms with Gasteiger partial charge in [0.25, 0.3) is 0 Å². The Labute approximate surface area is 143 Å². The van der Waals surface area contributed by atoms with E-state index >= 15 is 0 Å². The first-order valence-electron chi connectivity index (χ1n) is 7.49. The van der Waals surface area contributed by atoms with Gasteiger partial charge in [0.1, 0.15) is 4.90 Å². The van der Waals surface area contributed by atoms with Crippen molar-refractivity contribution in [2.24, 2.45) is 0 Å². The molecule has 0 aliphatic heterocycles. The molecule has 4 nitrogen and oxygen atoms in total. The van der Waals surface area contributed by atoms with Gasteiger partial charge in [0.15, 0.2) is 11.6 Å². The van der Waals surface area contributed by atoms with Crippen molar-refractivity contribution in [3.63, 3.8) is 0 Å². The van der Waals surface area contributed by atoms with Gasteiger partial charge < -0.3 is 5.11 Å². The van der Waals surface area contributed by atoms with Crippen molar-refractivity contribution in [3.8, 4) is 0 Å². The number of aliphatic hydroxyl groups is 1. The monoisotopic (exact) mass is 363 g/mol. The minimum Gasteiger partial charge on any atom is -0.387 e. The molecule has 0 saturated carbocycles. The summed E-state index contributed by atoms with van der Waals surface area (Å²) < 4.78 is 53.4. The second kappa shape index (κ2) is 6.87. The average molecular weight is 363 g/mol. The first-order valence-corrected chi connectivity index (χ1v) is 8.98. The minimum atomic E-state index is -4.29. The standard InChI is InChI=1S/C18H15F2NO3S/c19-15-9-4-10-17(18(15)20)25(23,24)21-11-16(22)14-8-3-6-12-5-1-2-7-13(12)14/h1-10,16,21-22H,11H2. The molecule has 0 saturated heterocycles. The van der Waals surface area contributed by atoms with Crippen molar-refractivity contribution < 1.29 is 22.3 Å². The van der Waals surface area contributed by atoms with Crippen molar-refractivity contribution in [3.05, 3.63) is 77.9 Å². The van der Waals surface area contributed by atoms with E-state index in [-0.39, 0.29) is 6.54 Å². The third-order valence-corrected chi connectivity index (χ3v) is 5.30. The molecule has 0 aliphatic carbocycles. The maximum absolute atomic E-state index is 13.7. The molecule has 0 heterocycles. The molecule has 0 spiro atoms. The summed E-state index contributed by atoms with van der Waals surface area (Å²) in [7, 11) is -4.29. The highest BCUT2D eigenvalue weighted by atomic mass is 32.2. The molecule has 1 unspecified atom stereocenters. The summed E-state index contributed by atoms with van der Waals surface area (Å²) in [5.41, 5.74) is 0.542. The van der Waals surface area contributed by atoms with E-state index < -0.39 is 32.7 Å². The topological polar surface area (TPSA) is 66.4 Å². The van der Waals surface area contributed by atoms with Crippen LogP contribution >= 0.6 is 0 Å². The Morgan fingerprint density at radius 1 is 0.960 bits per heavy atom. The molecule has 3 aromatic rings. The van der Waals surface area contributed by atoms with E-state index in [1.807, 2.05) is 30.3 Å². The highest BCUT2D eigenvalue weighted by Crippen LogP contribution is 2.24.